The molecule has 1 saturated heterocycles. The Labute approximate surface area is 153 Å². The Morgan fingerprint density at radius 1 is 1.35 bits per heavy atom. The normalized spacial score (nSPS) is 19.9. The van der Waals surface area contributed by atoms with Crippen LogP contribution in [0, 0.1) is 0 Å². The molecule has 2 heterocycles. The van der Waals surface area contributed by atoms with E-state index in [0.29, 0.717) is 24.3 Å². The minimum Gasteiger partial charge on any atom is -0.497 e. The Balaban J connectivity index is 1.66. The van der Waals surface area contributed by atoms with Crippen LogP contribution in [0.1, 0.15) is 23.2 Å². The van der Waals surface area contributed by atoms with E-state index in [1.807, 2.05) is 4.90 Å². The van der Waals surface area contributed by atoms with Gasteiger partial charge in [-0.15, -0.1) is 0 Å². The first-order valence-corrected chi connectivity index (χ1v) is 8.64. The number of carbonyl (C=O) groups excluding carboxylic acids is 1. The molecule has 1 aliphatic heterocycles. The Bertz CT molecular complexity index is 738. The molecule has 7 nitrogen and oxygen atoms in total. The maximum absolute atomic E-state index is 12.6. The third kappa shape index (κ3) is 4.11. The first kappa shape index (κ1) is 18.1. The molecule has 0 radical (unpaired) electrons. The van der Waals surface area contributed by atoms with E-state index in [1.54, 1.807) is 61.9 Å². The van der Waals surface area contributed by atoms with Crippen molar-refractivity contribution in [1.29, 1.82) is 0 Å². The van der Waals surface area contributed by atoms with Crippen molar-refractivity contribution >= 4 is 11.7 Å². The van der Waals surface area contributed by atoms with Crippen LogP contribution in [0.3, 0.4) is 0 Å². The molecule has 1 aromatic carbocycles. The predicted molar refractivity (Wildman–Crippen MR) is 98.4 cm³/mol. The summed E-state index contributed by atoms with van der Waals surface area (Å²) in [5.41, 5.74) is -0.411. The number of β-amino-alcohol motifs (C(OH)–C–C–N with tert-alkyl or cyclic N) is 1. The zero-order valence-electron chi connectivity index (χ0n) is 15.1. The number of aromatic nitrogens is 2. The van der Waals surface area contributed by atoms with Gasteiger partial charge in [0.05, 0.1) is 25.5 Å². The lowest BCUT2D eigenvalue weighted by atomic mass is 9.92. The van der Waals surface area contributed by atoms with E-state index in [0.717, 1.165) is 18.8 Å². The van der Waals surface area contributed by atoms with Gasteiger partial charge in [0, 0.05) is 38.1 Å². The molecule has 26 heavy (non-hydrogen) atoms. The van der Waals surface area contributed by atoms with Gasteiger partial charge in [0.25, 0.3) is 5.91 Å². The highest BCUT2D eigenvalue weighted by Gasteiger charge is 2.36. The quantitative estimate of drug-likeness (QED) is 0.876. The summed E-state index contributed by atoms with van der Waals surface area (Å²) in [6.45, 7) is 1.50. The molecule has 1 amide bonds. The lowest BCUT2D eigenvalue weighted by Gasteiger charge is -2.41. The van der Waals surface area contributed by atoms with Crippen LogP contribution in [0.25, 0.3) is 0 Å². The van der Waals surface area contributed by atoms with Crippen molar-refractivity contribution in [1.82, 2.24) is 14.9 Å². The average Bonchev–Trinajstić information content (AvgIpc) is 2.68. The lowest BCUT2D eigenvalue weighted by Crippen LogP contribution is -2.54. The second kappa shape index (κ2) is 7.70. The summed E-state index contributed by atoms with van der Waals surface area (Å²) in [5.74, 6) is 1.32. The maximum Gasteiger partial charge on any atom is 0.253 e. The molecule has 1 aromatic heterocycles. The summed E-state index contributed by atoms with van der Waals surface area (Å²) in [5, 5.41) is 11.0. The van der Waals surface area contributed by atoms with Crippen molar-refractivity contribution in [2.45, 2.75) is 18.4 Å². The molecule has 0 aliphatic carbocycles. The van der Waals surface area contributed by atoms with E-state index in [-0.39, 0.29) is 12.5 Å². The van der Waals surface area contributed by atoms with Crippen LogP contribution >= 0.6 is 0 Å². The minimum absolute atomic E-state index is 0.127. The first-order chi connectivity index (χ1) is 12.5. The van der Waals surface area contributed by atoms with Crippen molar-refractivity contribution in [2.24, 2.45) is 0 Å². The summed E-state index contributed by atoms with van der Waals surface area (Å²) in [4.78, 5) is 24.6. The number of anilines is 1. The van der Waals surface area contributed by atoms with Gasteiger partial charge >= 0.3 is 0 Å². The maximum atomic E-state index is 12.6. The van der Waals surface area contributed by atoms with Crippen molar-refractivity contribution in [3.63, 3.8) is 0 Å². The van der Waals surface area contributed by atoms with Crippen molar-refractivity contribution in [3.05, 3.63) is 48.4 Å². The molecule has 0 saturated carbocycles. The third-order valence-corrected chi connectivity index (χ3v) is 4.64. The average molecular weight is 356 g/mol. The summed E-state index contributed by atoms with van der Waals surface area (Å²) >= 11 is 0. The number of benzene rings is 1. The highest BCUT2D eigenvalue weighted by Crippen LogP contribution is 2.25. The lowest BCUT2D eigenvalue weighted by molar-refractivity contribution is -0.000146. The number of likely N-dealkylation sites (N-methyl/N-ethyl adjacent to an activating group) is 1. The van der Waals surface area contributed by atoms with Crippen molar-refractivity contribution in [2.75, 3.05) is 38.7 Å². The second-order valence-corrected chi connectivity index (χ2v) is 6.70. The number of nitrogens with zero attached hydrogens (tertiary/aromatic N) is 4. The Kier molecular flexibility index (Phi) is 5.37. The number of carbonyl (C=O) groups is 1. The van der Waals surface area contributed by atoms with Crippen LogP contribution in [0.4, 0.5) is 5.82 Å². The van der Waals surface area contributed by atoms with Crippen molar-refractivity contribution in [3.8, 4) is 5.75 Å². The monoisotopic (exact) mass is 356 g/mol. The topological polar surface area (TPSA) is 78.8 Å². The molecule has 1 atom stereocenters. The van der Waals surface area contributed by atoms with Crippen LogP contribution in [-0.4, -0.2) is 65.3 Å². The van der Waals surface area contributed by atoms with Gasteiger partial charge < -0.3 is 19.6 Å². The number of hydrogen-bond acceptors (Lipinski definition) is 6. The number of aliphatic hydroxyl groups is 1. The minimum atomic E-state index is -0.980. The van der Waals surface area contributed by atoms with Crippen molar-refractivity contribution < 1.29 is 14.6 Å². The fourth-order valence-corrected chi connectivity index (χ4v) is 3.36. The summed E-state index contributed by atoms with van der Waals surface area (Å²) in [6.07, 6.45) is 6.43. The van der Waals surface area contributed by atoms with E-state index < -0.39 is 5.60 Å². The van der Waals surface area contributed by atoms with Crippen LogP contribution in [0.5, 0.6) is 5.75 Å². The molecule has 3 rings (SSSR count). The SMILES string of the molecule is COc1ccc(C(=O)N(C)C[C@]2(O)CCCN(c3cnccn3)C2)cc1. The molecule has 138 valence electrons. The molecule has 1 aliphatic rings. The molecule has 0 unspecified atom stereocenters. The van der Waals surface area contributed by atoms with Gasteiger partial charge in [0.1, 0.15) is 11.6 Å². The second-order valence-electron chi connectivity index (χ2n) is 6.70. The summed E-state index contributed by atoms with van der Waals surface area (Å²) < 4.78 is 5.12. The molecule has 7 heteroatoms. The summed E-state index contributed by atoms with van der Waals surface area (Å²) in [6, 6.07) is 6.97. The zero-order chi connectivity index (χ0) is 18.6. The van der Waals surface area contributed by atoms with Gasteiger partial charge in [-0.3, -0.25) is 9.78 Å². The molecule has 2 aromatic rings. The number of rotatable bonds is 5. The zero-order valence-corrected chi connectivity index (χ0v) is 15.1. The summed E-state index contributed by atoms with van der Waals surface area (Å²) in [7, 11) is 3.30. The number of ether oxygens (including phenoxy) is 1. The van der Waals surface area contributed by atoms with Gasteiger partial charge in [-0.25, -0.2) is 4.98 Å². The molecular weight excluding hydrogens is 332 g/mol. The molecule has 1 N–H and O–H groups in total. The highest BCUT2D eigenvalue weighted by molar-refractivity contribution is 5.94. The predicted octanol–water partition coefficient (Wildman–Crippen LogP) is 1.59. The van der Waals surface area contributed by atoms with Crippen LogP contribution in [0.2, 0.25) is 0 Å². The fraction of sp³-hybridized carbons (Fsp3) is 0.421. The molecule has 0 bridgehead atoms. The number of amides is 1. The van der Waals surface area contributed by atoms with Gasteiger partial charge in [0.15, 0.2) is 0 Å². The van der Waals surface area contributed by atoms with Gasteiger partial charge in [-0.1, -0.05) is 0 Å². The number of methoxy groups -OCH3 is 1. The Hall–Kier alpha value is -2.67. The van der Waals surface area contributed by atoms with Crippen LogP contribution in [-0.2, 0) is 0 Å². The smallest absolute Gasteiger partial charge is 0.253 e. The van der Waals surface area contributed by atoms with Gasteiger partial charge in [-0.2, -0.15) is 0 Å². The van der Waals surface area contributed by atoms with E-state index in [2.05, 4.69) is 9.97 Å². The Morgan fingerprint density at radius 2 is 2.12 bits per heavy atom. The number of hydrogen-bond donors (Lipinski definition) is 1. The fourth-order valence-electron chi connectivity index (χ4n) is 3.36. The van der Waals surface area contributed by atoms with Crippen LogP contribution in [0.15, 0.2) is 42.9 Å². The van der Waals surface area contributed by atoms with E-state index >= 15 is 0 Å². The molecule has 0 spiro atoms. The first-order valence-electron chi connectivity index (χ1n) is 8.64. The van der Waals surface area contributed by atoms with Gasteiger partial charge in [0.2, 0.25) is 0 Å². The van der Waals surface area contributed by atoms with E-state index in [4.69, 9.17) is 4.74 Å². The standard InChI is InChI=1S/C19H24N4O3/c1-22(18(24)15-4-6-16(26-2)7-5-15)13-19(25)8-3-11-23(14-19)17-12-20-9-10-21-17/h4-7,9-10,12,25H,3,8,11,13-14H2,1-2H3/t19-/m1/s1. The van der Waals surface area contributed by atoms with Crippen LogP contribution < -0.4 is 9.64 Å². The Morgan fingerprint density at radius 3 is 2.77 bits per heavy atom. The number of piperidine rings is 1. The van der Waals surface area contributed by atoms with E-state index in [1.165, 1.54) is 0 Å². The highest BCUT2D eigenvalue weighted by atomic mass is 16.5. The molecular formula is C19H24N4O3. The largest absolute Gasteiger partial charge is 0.497 e. The molecule has 1 fully saturated rings. The third-order valence-electron chi connectivity index (χ3n) is 4.64. The van der Waals surface area contributed by atoms with E-state index in [9.17, 15) is 9.90 Å². The van der Waals surface area contributed by atoms with Gasteiger partial charge in [-0.05, 0) is 37.1 Å².